The van der Waals surface area contributed by atoms with E-state index in [4.69, 9.17) is 4.74 Å². The van der Waals surface area contributed by atoms with Crippen LogP contribution in [0.4, 0.5) is 0 Å². The molecule has 0 amide bonds. The van der Waals surface area contributed by atoms with Crippen molar-refractivity contribution in [1.82, 2.24) is 15.2 Å². The molecule has 0 spiro atoms. The van der Waals surface area contributed by atoms with Crippen LogP contribution in [0.25, 0.3) is 0 Å². The molecule has 1 aliphatic heterocycles. The first kappa shape index (κ1) is 16.2. The second-order valence-corrected chi connectivity index (χ2v) is 6.29. The first-order chi connectivity index (χ1) is 10.1. The summed E-state index contributed by atoms with van der Waals surface area (Å²) in [5.74, 6) is 1.64. The Kier molecular flexibility index (Phi) is 6.00. The van der Waals surface area contributed by atoms with E-state index in [9.17, 15) is 0 Å². The minimum absolute atomic E-state index is 0.677. The number of nitrogens with one attached hydrogen (secondary N) is 1. The number of nitrogens with zero attached hydrogens (tertiary/aromatic N) is 2. The fourth-order valence-electron chi connectivity index (χ4n) is 3.16. The number of hydrogen-bond acceptors (Lipinski definition) is 4. The van der Waals surface area contributed by atoms with E-state index >= 15 is 0 Å². The summed E-state index contributed by atoms with van der Waals surface area (Å²) in [7, 11) is 1.73. The Hall–Kier alpha value is -1.13. The molecule has 0 aliphatic carbocycles. The molecule has 2 heterocycles. The van der Waals surface area contributed by atoms with Crippen LogP contribution >= 0.6 is 0 Å². The normalized spacial score (nSPS) is 17.1. The van der Waals surface area contributed by atoms with Gasteiger partial charge in [-0.1, -0.05) is 6.92 Å². The fourth-order valence-corrected chi connectivity index (χ4v) is 3.16. The zero-order valence-electron chi connectivity index (χ0n) is 13.9. The van der Waals surface area contributed by atoms with E-state index in [-0.39, 0.29) is 0 Å². The zero-order valence-corrected chi connectivity index (χ0v) is 13.9. The third-order valence-electron chi connectivity index (χ3n) is 4.30. The second-order valence-electron chi connectivity index (χ2n) is 6.29. The molecule has 1 atom stereocenters. The van der Waals surface area contributed by atoms with Crippen LogP contribution in [0.2, 0.25) is 0 Å². The van der Waals surface area contributed by atoms with Crippen molar-refractivity contribution < 1.29 is 4.74 Å². The summed E-state index contributed by atoms with van der Waals surface area (Å²) in [4.78, 5) is 7.11. The van der Waals surface area contributed by atoms with Gasteiger partial charge >= 0.3 is 0 Å². The maximum absolute atomic E-state index is 5.46. The highest BCUT2D eigenvalue weighted by Crippen LogP contribution is 2.23. The first-order valence-electron chi connectivity index (χ1n) is 8.04. The van der Waals surface area contributed by atoms with Gasteiger partial charge in [-0.25, -0.2) is 0 Å². The predicted molar refractivity (Wildman–Crippen MR) is 86.8 cm³/mol. The lowest BCUT2D eigenvalue weighted by Crippen LogP contribution is -2.31. The number of aryl methyl sites for hydroxylation is 1. The maximum Gasteiger partial charge on any atom is 0.128 e. The second kappa shape index (κ2) is 7.76. The molecule has 1 unspecified atom stereocenters. The van der Waals surface area contributed by atoms with Crippen molar-refractivity contribution in [2.75, 3.05) is 33.3 Å². The SMILES string of the molecule is COc1c(C)cnc(CNCC(C)CN2CCCC2)c1C. The average Bonchev–Trinajstić information content (AvgIpc) is 2.95. The van der Waals surface area contributed by atoms with Crippen molar-refractivity contribution in [3.8, 4) is 5.75 Å². The van der Waals surface area contributed by atoms with Gasteiger partial charge in [-0.3, -0.25) is 4.98 Å². The highest BCUT2D eigenvalue weighted by atomic mass is 16.5. The molecule has 1 saturated heterocycles. The molecule has 4 nitrogen and oxygen atoms in total. The topological polar surface area (TPSA) is 37.4 Å². The number of likely N-dealkylation sites (tertiary alicyclic amines) is 1. The third-order valence-corrected chi connectivity index (χ3v) is 4.30. The summed E-state index contributed by atoms with van der Waals surface area (Å²) in [6.07, 6.45) is 4.63. The van der Waals surface area contributed by atoms with E-state index in [1.807, 2.05) is 13.1 Å². The highest BCUT2D eigenvalue weighted by Gasteiger charge is 2.15. The number of ether oxygens (including phenoxy) is 1. The van der Waals surface area contributed by atoms with E-state index in [0.717, 1.165) is 35.7 Å². The molecule has 1 aliphatic rings. The summed E-state index contributed by atoms with van der Waals surface area (Å²) < 4.78 is 5.46. The number of pyridine rings is 1. The van der Waals surface area contributed by atoms with Gasteiger partial charge in [0.15, 0.2) is 0 Å². The molecule has 4 heteroatoms. The van der Waals surface area contributed by atoms with Crippen molar-refractivity contribution in [3.63, 3.8) is 0 Å². The molecule has 1 N–H and O–H groups in total. The Balaban J connectivity index is 1.80. The summed E-state index contributed by atoms with van der Waals surface area (Å²) >= 11 is 0. The predicted octanol–water partition coefficient (Wildman–Crippen LogP) is 2.53. The smallest absolute Gasteiger partial charge is 0.128 e. The van der Waals surface area contributed by atoms with E-state index in [1.165, 1.54) is 32.5 Å². The third kappa shape index (κ3) is 4.42. The van der Waals surface area contributed by atoms with Gasteiger partial charge in [0.05, 0.1) is 12.8 Å². The number of hydrogen-bond donors (Lipinski definition) is 1. The summed E-state index contributed by atoms with van der Waals surface area (Å²) in [6.45, 7) is 12.1. The molecule has 0 bridgehead atoms. The molecule has 0 aromatic carbocycles. The van der Waals surface area contributed by atoms with Gasteiger partial charge < -0.3 is 15.0 Å². The number of aromatic nitrogens is 1. The minimum Gasteiger partial charge on any atom is -0.496 e. The van der Waals surface area contributed by atoms with Crippen LogP contribution in [0.1, 0.15) is 36.6 Å². The molecule has 1 aromatic rings. The summed E-state index contributed by atoms with van der Waals surface area (Å²) in [6, 6.07) is 0. The number of methoxy groups -OCH3 is 1. The molecule has 2 rings (SSSR count). The van der Waals surface area contributed by atoms with E-state index in [2.05, 4.69) is 29.0 Å². The molecule has 1 aromatic heterocycles. The summed E-state index contributed by atoms with van der Waals surface area (Å²) in [5, 5.41) is 3.54. The van der Waals surface area contributed by atoms with Gasteiger partial charge in [-0.2, -0.15) is 0 Å². The molecular weight excluding hydrogens is 262 g/mol. The van der Waals surface area contributed by atoms with Crippen LogP contribution < -0.4 is 10.1 Å². The Bertz CT molecular complexity index is 456. The zero-order chi connectivity index (χ0) is 15.2. The monoisotopic (exact) mass is 291 g/mol. The minimum atomic E-state index is 0.677. The fraction of sp³-hybridized carbons (Fsp3) is 0.706. The quantitative estimate of drug-likeness (QED) is 0.837. The highest BCUT2D eigenvalue weighted by molar-refractivity contribution is 5.40. The molecule has 118 valence electrons. The first-order valence-corrected chi connectivity index (χ1v) is 8.04. The van der Waals surface area contributed by atoms with Crippen LogP contribution in [0.15, 0.2) is 6.20 Å². The van der Waals surface area contributed by atoms with E-state index < -0.39 is 0 Å². The lowest BCUT2D eigenvalue weighted by molar-refractivity contribution is 0.282. The van der Waals surface area contributed by atoms with Gasteiger partial charge in [-0.15, -0.1) is 0 Å². The van der Waals surface area contributed by atoms with Crippen LogP contribution in [-0.2, 0) is 6.54 Å². The number of rotatable bonds is 7. The van der Waals surface area contributed by atoms with Crippen molar-refractivity contribution in [2.24, 2.45) is 5.92 Å². The molecular formula is C17H29N3O. The van der Waals surface area contributed by atoms with Gasteiger partial charge in [0, 0.05) is 30.4 Å². The van der Waals surface area contributed by atoms with Crippen LogP contribution in [-0.4, -0.2) is 43.2 Å². The van der Waals surface area contributed by atoms with Gasteiger partial charge in [0.1, 0.15) is 5.75 Å². The molecule has 1 fully saturated rings. The van der Waals surface area contributed by atoms with E-state index in [1.54, 1.807) is 7.11 Å². The van der Waals surface area contributed by atoms with Gasteiger partial charge in [0.25, 0.3) is 0 Å². The largest absolute Gasteiger partial charge is 0.496 e. The Morgan fingerprint density at radius 3 is 2.71 bits per heavy atom. The van der Waals surface area contributed by atoms with Crippen molar-refractivity contribution in [2.45, 2.75) is 40.2 Å². The Morgan fingerprint density at radius 1 is 1.33 bits per heavy atom. The lowest BCUT2D eigenvalue weighted by Gasteiger charge is -2.20. The molecule has 0 saturated carbocycles. The van der Waals surface area contributed by atoms with E-state index in [0.29, 0.717) is 5.92 Å². The maximum atomic E-state index is 5.46. The molecule has 0 radical (unpaired) electrons. The standard InChI is InChI=1S/C17H29N3O/c1-13(12-20-7-5-6-8-20)9-18-11-16-15(3)17(21-4)14(2)10-19-16/h10,13,18H,5-9,11-12H2,1-4H3. The Morgan fingerprint density at radius 2 is 2.05 bits per heavy atom. The van der Waals surface area contributed by atoms with Gasteiger partial charge in [-0.05, 0) is 52.2 Å². The van der Waals surface area contributed by atoms with Crippen molar-refractivity contribution >= 4 is 0 Å². The van der Waals surface area contributed by atoms with Crippen LogP contribution in [0.5, 0.6) is 5.75 Å². The molecule has 21 heavy (non-hydrogen) atoms. The van der Waals surface area contributed by atoms with Crippen molar-refractivity contribution in [1.29, 1.82) is 0 Å². The Labute approximate surface area is 128 Å². The van der Waals surface area contributed by atoms with Crippen LogP contribution in [0, 0.1) is 19.8 Å². The van der Waals surface area contributed by atoms with Crippen molar-refractivity contribution in [3.05, 3.63) is 23.0 Å². The van der Waals surface area contributed by atoms with Crippen LogP contribution in [0.3, 0.4) is 0 Å². The van der Waals surface area contributed by atoms with Gasteiger partial charge in [0.2, 0.25) is 0 Å². The average molecular weight is 291 g/mol. The lowest BCUT2D eigenvalue weighted by atomic mass is 10.1. The summed E-state index contributed by atoms with van der Waals surface area (Å²) in [5.41, 5.74) is 3.34.